The Bertz CT molecular complexity index is 693. The van der Waals surface area contributed by atoms with Crippen LogP contribution in [-0.2, 0) is 0 Å². The minimum Gasteiger partial charge on any atom is -0.485 e. The lowest BCUT2D eigenvalue weighted by Gasteiger charge is -2.12. The van der Waals surface area contributed by atoms with Crippen molar-refractivity contribution in [1.29, 1.82) is 5.26 Å². The van der Waals surface area contributed by atoms with E-state index in [-0.39, 0.29) is 17.1 Å². The van der Waals surface area contributed by atoms with Crippen LogP contribution in [0.2, 0.25) is 0 Å². The summed E-state index contributed by atoms with van der Waals surface area (Å²) in [5, 5.41) is 24.9. The number of tetrazole rings is 1. The van der Waals surface area contributed by atoms with Crippen LogP contribution in [0.25, 0.3) is 5.57 Å². The molecule has 0 bridgehead atoms. The number of halogens is 2. The molecule has 2 aromatic rings. The average molecular weight is 306 g/mol. The molecule has 0 amide bonds. The highest BCUT2D eigenvalue weighted by molar-refractivity contribution is 5.75. The molecule has 114 valence electrons. The second-order valence-electron chi connectivity index (χ2n) is 4.25. The van der Waals surface area contributed by atoms with Gasteiger partial charge in [-0.1, -0.05) is 6.07 Å². The van der Waals surface area contributed by atoms with Crippen LogP contribution in [0.1, 0.15) is 11.4 Å². The van der Waals surface area contributed by atoms with E-state index in [1.807, 2.05) is 13.0 Å². The zero-order valence-corrected chi connectivity index (χ0v) is 11.5. The van der Waals surface area contributed by atoms with Gasteiger partial charge in [-0.3, -0.25) is 0 Å². The Morgan fingerprint density at radius 3 is 3.00 bits per heavy atom. The number of benzene rings is 1. The van der Waals surface area contributed by atoms with Crippen molar-refractivity contribution in [3.8, 4) is 11.8 Å². The molecule has 7 nitrogen and oxygen atoms in total. The summed E-state index contributed by atoms with van der Waals surface area (Å²) in [7, 11) is 0. The van der Waals surface area contributed by atoms with E-state index in [0.29, 0.717) is 5.69 Å². The highest BCUT2D eigenvalue weighted by Crippen LogP contribution is 2.26. The fraction of sp³-hybridized carbons (Fsp3) is 0.231. The number of allylic oxidation sites excluding steroid dienone is 1. The molecule has 1 aromatic carbocycles. The second-order valence-corrected chi connectivity index (χ2v) is 4.25. The smallest absolute Gasteiger partial charge is 0.272 e. The number of H-pyrrole nitrogens is 1. The molecule has 2 N–H and O–H groups in total. The molecule has 22 heavy (non-hydrogen) atoms. The first-order valence-corrected chi connectivity index (χ1v) is 6.22. The number of nitriles is 1. The van der Waals surface area contributed by atoms with E-state index < -0.39 is 13.0 Å². The van der Waals surface area contributed by atoms with Gasteiger partial charge in [-0.2, -0.15) is 10.5 Å². The number of nitrogens with one attached hydrogen (secondary N) is 2. The van der Waals surface area contributed by atoms with Crippen LogP contribution in [0.15, 0.2) is 24.4 Å². The van der Waals surface area contributed by atoms with E-state index in [2.05, 4.69) is 25.9 Å². The molecule has 0 aliphatic carbocycles. The summed E-state index contributed by atoms with van der Waals surface area (Å²) < 4.78 is 29.6. The first-order chi connectivity index (χ1) is 10.6. The summed E-state index contributed by atoms with van der Waals surface area (Å²) in [6.07, 6.45) is -1.22. The summed E-state index contributed by atoms with van der Waals surface area (Å²) in [5.41, 5.74) is 1.44. The maximum atomic E-state index is 12.3. The number of aryl methyl sites for hydroxylation is 1. The fourth-order valence-electron chi connectivity index (χ4n) is 1.59. The predicted octanol–water partition coefficient (Wildman–Crippen LogP) is 2.13. The summed E-state index contributed by atoms with van der Waals surface area (Å²) >= 11 is 0. The van der Waals surface area contributed by atoms with Gasteiger partial charge in [0, 0.05) is 6.20 Å². The maximum Gasteiger partial charge on any atom is 0.272 e. The molecule has 0 saturated heterocycles. The number of anilines is 1. The third-order valence-corrected chi connectivity index (χ3v) is 2.58. The Morgan fingerprint density at radius 2 is 2.36 bits per heavy atom. The van der Waals surface area contributed by atoms with Crippen LogP contribution in [0, 0.1) is 18.3 Å². The zero-order valence-electron chi connectivity index (χ0n) is 11.5. The third-order valence-electron chi connectivity index (χ3n) is 2.58. The number of aromatic amines is 1. The first-order valence-electron chi connectivity index (χ1n) is 6.22. The Kier molecular flexibility index (Phi) is 4.98. The Morgan fingerprint density at radius 1 is 1.55 bits per heavy atom. The molecule has 2 rings (SSSR count). The van der Waals surface area contributed by atoms with Crippen molar-refractivity contribution in [3.05, 3.63) is 35.8 Å². The van der Waals surface area contributed by atoms with Crippen molar-refractivity contribution in [1.82, 2.24) is 20.6 Å². The molecule has 0 atom stereocenters. The van der Waals surface area contributed by atoms with Crippen molar-refractivity contribution in [2.75, 3.05) is 11.9 Å². The number of alkyl halides is 2. The standard InChI is InChI=1S/C13H12F2N6O/c1-8-2-3-10(11(4-8)22-7-12(14)15)17-6-9(5-16)13-18-20-21-19-13/h2-4,6,12,17H,7H2,1H3,(H,18,19,20,21). The monoisotopic (exact) mass is 306 g/mol. The van der Waals surface area contributed by atoms with Crippen molar-refractivity contribution in [2.45, 2.75) is 13.3 Å². The lowest BCUT2D eigenvalue weighted by atomic mass is 10.2. The third kappa shape index (κ3) is 3.99. The minimum absolute atomic E-state index is 0.122. The van der Waals surface area contributed by atoms with Gasteiger partial charge >= 0.3 is 0 Å². The molecule has 0 unspecified atom stereocenters. The van der Waals surface area contributed by atoms with Crippen molar-refractivity contribution in [2.24, 2.45) is 0 Å². The number of ether oxygens (including phenoxy) is 1. The van der Waals surface area contributed by atoms with Crippen LogP contribution in [-0.4, -0.2) is 33.7 Å². The lowest BCUT2D eigenvalue weighted by Crippen LogP contribution is -2.08. The summed E-state index contributed by atoms with van der Waals surface area (Å²) in [6.45, 7) is 1.10. The Labute approximate surface area is 124 Å². The number of hydrogen-bond donors (Lipinski definition) is 2. The van der Waals surface area contributed by atoms with Crippen LogP contribution >= 0.6 is 0 Å². The van der Waals surface area contributed by atoms with Gasteiger partial charge in [-0.05, 0) is 29.8 Å². The van der Waals surface area contributed by atoms with Crippen LogP contribution in [0.5, 0.6) is 5.75 Å². The van der Waals surface area contributed by atoms with Crippen LogP contribution in [0.3, 0.4) is 0 Å². The summed E-state index contributed by atoms with van der Waals surface area (Å²) in [4.78, 5) is 0. The topological polar surface area (TPSA) is 99.5 Å². The first kappa shape index (κ1) is 15.4. The van der Waals surface area contributed by atoms with Gasteiger partial charge in [0.2, 0.25) is 5.82 Å². The molecule has 0 aliphatic heterocycles. The zero-order chi connectivity index (χ0) is 15.9. The fourth-order valence-corrected chi connectivity index (χ4v) is 1.59. The van der Waals surface area contributed by atoms with E-state index >= 15 is 0 Å². The summed E-state index contributed by atoms with van der Waals surface area (Å²) in [6, 6.07) is 6.98. The van der Waals surface area contributed by atoms with E-state index in [9.17, 15) is 8.78 Å². The SMILES string of the molecule is Cc1ccc(NC=C(C#N)c2nn[nH]n2)c(OCC(F)F)c1. The van der Waals surface area contributed by atoms with Gasteiger partial charge < -0.3 is 10.1 Å². The Hall–Kier alpha value is -3.02. The largest absolute Gasteiger partial charge is 0.485 e. The molecule has 9 heteroatoms. The van der Waals surface area contributed by atoms with Crippen molar-refractivity contribution >= 4 is 11.3 Å². The number of aromatic nitrogens is 4. The maximum absolute atomic E-state index is 12.3. The quantitative estimate of drug-likeness (QED) is 0.793. The molecular formula is C13H12F2N6O. The van der Waals surface area contributed by atoms with E-state index in [0.717, 1.165) is 5.56 Å². The normalized spacial score (nSPS) is 11.3. The van der Waals surface area contributed by atoms with Gasteiger partial charge in [-0.25, -0.2) is 8.78 Å². The average Bonchev–Trinajstić information content (AvgIpc) is 3.01. The van der Waals surface area contributed by atoms with Crippen molar-refractivity contribution < 1.29 is 13.5 Å². The van der Waals surface area contributed by atoms with E-state index in [1.54, 1.807) is 18.2 Å². The van der Waals surface area contributed by atoms with Gasteiger partial charge in [0.15, 0.2) is 0 Å². The van der Waals surface area contributed by atoms with E-state index in [1.165, 1.54) is 6.20 Å². The highest BCUT2D eigenvalue weighted by atomic mass is 19.3. The molecule has 1 heterocycles. The Balaban J connectivity index is 2.20. The number of nitrogens with zero attached hydrogens (tertiary/aromatic N) is 4. The molecule has 0 spiro atoms. The molecule has 0 aliphatic rings. The number of rotatable bonds is 6. The van der Waals surface area contributed by atoms with Gasteiger partial charge in [-0.15, -0.1) is 10.2 Å². The molecular weight excluding hydrogens is 294 g/mol. The van der Waals surface area contributed by atoms with Gasteiger partial charge in [0.1, 0.15) is 24.0 Å². The predicted molar refractivity (Wildman–Crippen MR) is 74.1 cm³/mol. The van der Waals surface area contributed by atoms with Crippen molar-refractivity contribution in [3.63, 3.8) is 0 Å². The van der Waals surface area contributed by atoms with E-state index in [4.69, 9.17) is 10.00 Å². The highest BCUT2D eigenvalue weighted by Gasteiger charge is 2.09. The summed E-state index contributed by atoms with van der Waals surface area (Å²) in [5.74, 6) is 0.388. The molecule has 1 aromatic heterocycles. The van der Waals surface area contributed by atoms with Gasteiger partial charge in [0.25, 0.3) is 6.43 Å². The molecule has 0 radical (unpaired) electrons. The molecule has 0 fully saturated rings. The van der Waals surface area contributed by atoms with Crippen LogP contribution < -0.4 is 10.1 Å². The minimum atomic E-state index is -2.57. The second kappa shape index (κ2) is 7.12. The lowest BCUT2D eigenvalue weighted by molar-refractivity contribution is 0.0822. The number of hydrogen-bond acceptors (Lipinski definition) is 6. The van der Waals surface area contributed by atoms with Crippen LogP contribution in [0.4, 0.5) is 14.5 Å². The van der Waals surface area contributed by atoms with Gasteiger partial charge in [0.05, 0.1) is 5.69 Å². The molecule has 0 saturated carbocycles.